The van der Waals surface area contributed by atoms with E-state index in [0.29, 0.717) is 5.69 Å². The van der Waals surface area contributed by atoms with Crippen LogP contribution in [0.15, 0.2) is 47.5 Å². The molecule has 0 unspecified atom stereocenters. The summed E-state index contributed by atoms with van der Waals surface area (Å²) in [5.41, 5.74) is 1.34. The van der Waals surface area contributed by atoms with Gasteiger partial charge in [0.25, 0.3) is 10.0 Å². The summed E-state index contributed by atoms with van der Waals surface area (Å²) in [4.78, 5) is 3.70. The molecular formula is C14H10N4O2S. The van der Waals surface area contributed by atoms with Gasteiger partial charge >= 0.3 is 0 Å². The molecule has 0 radical (unpaired) electrons. The lowest BCUT2D eigenvalue weighted by Gasteiger charge is -2.08. The van der Waals surface area contributed by atoms with Crippen molar-refractivity contribution >= 4 is 15.7 Å². The van der Waals surface area contributed by atoms with Gasteiger partial charge in [0.1, 0.15) is 16.7 Å². The van der Waals surface area contributed by atoms with Gasteiger partial charge in [0.15, 0.2) is 0 Å². The Morgan fingerprint density at radius 3 is 2.33 bits per heavy atom. The van der Waals surface area contributed by atoms with E-state index < -0.39 is 10.0 Å². The van der Waals surface area contributed by atoms with E-state index in [9.17, 15) is 8.42 Å². The molecule has 0 aliphatic rings. The maximum absolute atomic E-state index is 12.1. The van der Waals surface area contributed by atoms with Crippen LogP contribution in [-0.4, -0.2) is 13.4 Å². The van der Waals surface area contributed by atoms with E-state index in [0.717, 1.165) is 11.8 Å². The number of pyridine rings is 1. The highest BCUT2D eigenvalue weighted by molar-refractivity contribution is 7.92. The number of nitrogens with one attached hydrogen (secondary N) is 1. The highest BCUT2D eigenvalue weighted by atomic mass is 32.2. The van der Waals surface area contributed by atoms with Crippen LogP contribution in [0.4, 0.5) is 5.69 Å². The zero-order chi connectivity index (χ0) is 15.3. The van der Waals surface area contributed by atoms with Crippen molar-refractivity contribution < 1.29 is 8.42 Å². The van der Waals surface area contributed by atoms with Gasteiger partial charge in [-0.15, -0.1) is 0 Å². The normalized spacial score (nSPS) is 10.4. The second-order valence-electron chi connectivity index (χ2n) is 4.13. The molecule has 1 aromatic carbocycles. The predicted molar refractivity (Wildman–Crippen MR) is 75.5 cm³/mol. The Labute approximate surface area is 122 Å². The predicted octanol–water partition coefficient (Wildman–Crippen LogP) is 1.82. The number of sulfonamides is 1. The summed E-state index contributed by atoms with van der Waals surface area (Å²) >= 11 is 0. The third-order valence-electron chi connectivity index (χ3n) is 2.65. The van der Waals surface area contributed by atoms with Crippen LogP contribution in [0.1, 0.15) is 11.3 Å². The Hall–Kier alpha value is -2.90. The van der Waals surface area contributed by atoms with E-state index in [1.165, 1.54) is 12.1 Å². The Kier molecular flexibility index (Phi) is 4.17. The minimum absolute atomic E-state index is 0.0254. The number of aromatic nitrogens is 1. The van der Waals surface area contributed by atoms with Crippen molar-refractivity contribution in [2.24, 2.45) is 0 Å². The van der Waals surface area contributed by atoms with Crippen molar-refractivity contribution in [2.75, 3.05) is 4.72 Å². The molecule has 0 saturated carbocycles. The smallest absolute Gasteiger partial charge is 0.263 e. The van der Waals surface area contributed by atoms with Crippen LogP contribution < -0.4 is 4.72 Å². The Morgan fingerprint density at radius 2 is 1.81 bits per heavy atom. The van der Waals surface area contributed by atoms with Gasteiger partial charge < -0.3 is 0 Å². The van der Waals surface area contributed by atoms with Gasteiger partial charge in [-0.1, -0.05) is 12.1 Å². The Bertz CT molecular complexity index is 813. The van der Waals surface area contributed by atoms with Crippen LogP contribution in [0.2, 0.25) is 0 Å². The van der Waals surface area contributed by atoms with E-state index >= 15 is 0 Å². The first-order valence-electron chi connectivity index (χ1n) is 5.90. The molecule has 0 saturated heterocycles. The summed E-state index contributed by atoms with van der Waals surface area (Å²) in [5, 5.41) is 17.2. The first-order chi connectivity index (χ1) is 10.0. The van der Waals surface area contributed by atoms with E-state index in [2.05, 4.69) is 9.71 Å². The number of anilines is 1. The quantitative estimate of drug-likeness (QED) is 0.926. The van der Waals surface area contributed by atoms with E-state index in [-0.39, 0.29) is 17.0 Å². The fourth-order valence-corrected chi connectivity index (χ4v) is 2.60. The number of nitriles is 2. The Balaban J connectivity index is 2.20. The van der Waals surface area contributed by atoms with Crippen LogP contribution in [0.25, 0.3) is 0 Å². The van der Waals surface area contributed by atoms with Crippen molar-refractivity contribution in [1.82, 2.24) is 4.98 Å². The van der Waals surface area contributed by atoms with Crippen molar-refractivity contribution in [3.8, 4) is 12.1 Å². The van der Waals surface area contributed by atoms with Gasteiger partial charge in [0, 0.05) is 11.9 Å². The molecule has 21 heavy (non-hydrogen) atoms. The van der Waals surface area contributed by atoms with E-state index in [4.69, 9.17) is 10.5 Å². The monoisotopic (exact) mass is 298 g/mol. The molecule has 0 aliphatic carbocycles. The van der Waals surface area contributed by atoms with Crippen molar-refractivity contribution in [3.05, 3.63) is 53.9 Å². The first-order valence-corrected chi connectivity index (χ1v) is 7.38. The van der Waals surface area contributed by atoms with Gasteiger partial charge in [0.2, 0.25) is 0 Å². The molecule has 1 heterocycles. The maximum Gasteiger partial charge on any atom is 0.263 e. The van der Waals surface area contributed by atoms with Crippen LogP contribution >= 0.6 is 0 Å². The second kappa shape index (κ2) is 6.04. The summed E-state index contributed by atoms with van der Waals surface area (Å²) < 4.78 is 26.7. The SMILES string of the molecule is N#CCc1ccc(NS(=O)(=O)c2ccc(C#N)nc2)cc1. The second-order valence-corrected chi connectivity index (χ2v) is 5.81. The minimum Gasteiger partial charge on any atom is -0.280 e. The van der Waals surface area contributed by atoms with Crippen LogP contribution in [0.5, 0.6) is 0 Å². The molecule has 0 fully saturated rings. The number of rotatable bonds is 4. The molecule has 0 aliphatic heterocycles. The lowest BCUT2D eigenvalue weighted by atomic mass is 10.1. The van der Waals surface area contributed by atoms with Crippen molar-refractivity contribution in [1.29, 1.82) is 10.5 Å². The molecule has 7 heteroatoms. The molecule has 0 atom stereocenters. The molecular weight excluding hydrogens is 288 g/mol. The third kappa shape index (κ3) is 3.56. The minimum atomic E-state index is -3.75. The molecule has 1 N–H and O–H groups in total. The average molecular weight is 298 g/mol. The fourth-order valence-electron chi connectivity index (χ4n) is 1.60. The molecule has 0 amide bonds. The summed E-state index contributed by atoms with van der Waals surface area (Å²) in [5.74, 6) is 0. The number of hydrogen-bond acceptors (Lipinski definition) is 5. The van der Waals surface area contributed by atoms with E-state index in [1.54, 1.807) is 24.3 Å². The van der Waals surface area contributed by atoms with Gasteiger partial charge in [-0.2, -0.15) is 10.5 Å². The standard InChI is InChI=1S/C14H10N4O2S/c15-8-7-11-1-3-12(4-2-11)18-21(19,20)14-6-5-13(9-16)17-10-14/h1-6,10,18H,7H2. The van der Waals surface area contributed by atoms with E-state index in [1.807, 2.05) is 12.1 Å². The first kappa shape index (κ1) is 14.5. The summed E-state index contributed by atoms with van der Waals surface area (Å²) in [6.07, 6.45) is 1.40. The molecule has 0 spiro atoms. The van der Waals surface area contributed by atoms with Gasteiger partial charge in [-0.25, -0.2) is 13.4 Å². The molecule has 2 rings (SSSR count). The highest BCUT2D eigenvalue weighted by Crippen LogP contribution is 2.16. The van der Waals surface area contributed by atoms with Crippen LogP contribution in [0, 0.1) is 22.7 Å². The average Bonchev–Trinajstić information content (AvgIpc) is 2.49. The van der Waals surface area contributed by atoms with Crippen LogP contribution in [-0.2, 0) is 16.4 Å². The maximum atomic E-state index is 12.1. The zero-order valence-electron chi connectivity index (χ0n) is 10.8. The lowest BCUT2D eigenvalue weighted by Crippen LogP contribution is -2.13. The molecule has 6 nitrogen and oxygen atoms in total. The topological polar surface area (TPSA) is 107 Å². The molecule has 1 aromatic heterocycles. The number of benzene rings is 1. The number of hydrogen-bond donors (Lipinski definition) is 1. The fraction of sp³-hybridized carbons (Fsp3) is 0.0714. The van der Waals surface area contributed by atoms with Gasteiger partial charge in [-0.05, 0) is 29.8 Å². The highest BCUT2D eigenvalue weighted by Gasteiger charge is 2.14. The van der Waals surface area contributed by atoms with Gasteiger partial charge in [0.05, 0.1) is 12.5 Å². The summed E-state index contributed by atoms with van der Waals surface area (Å²) in [6, 6.07) is 13.0. The molecule has 2 aromatic rings. The van der Waals surface area contributed by atoms with Gasteiger partial charge in [-0.3, -0.25) is 4.72 Å². The third-order valence-corrected chi connectivity index (χ3v) is 4.02. The largest absolute Gasteiger partial charge is 0.280 e. The van der Waals surface area contributed by atoms with Crippen molar-refractivity contribution in [3.63, 3.8) is 0 Å². The summed E-state index contributed by atoms with van der Waals surface area (Å²) in [7, 11) is -3.75. The number of nitrogens with zero attached hydrogens (tertiary/aromatic N) is 3. The zero-order valence-corrected chi connectivity index (χ0v) is 11.6. The molecule has 104 valence electrons. The Morgan fingerprint density at radius 1 is 1.10 bits per heavy atom. The lowest BCUT2D eigenvalue weighted by molar-refractivity contribution is 0.601. The van der Waals surface area contributed by atoms with Crippen LogP contribution in [0.3, 0.4) is 0 Å². The van der Waals surface area contributed by atoms with Crippen molar-refractivity contribution in [2.45, 2.75) is 11.3 Å². The molecule has 0 bridgehead atoms. The summed E-state index contributed by atoms with van der Waals surface area (Å²) in [6.45, 7) is 0.